The minimum atomic E-state index is -1.18. The summed E-state index contributed by atoms with van der Waals surface area (Å²) in [6.07, 6.45) is 0.0633. The Balaban J connectivity index is 2.29. The summed E-state index contributed by atoms with van der Waals surface area (Å²) in [5, 5.41) is 14.0. The van der Waals surface area contributed by atoms with E-state index in [0.717, 1.165) is 5.56 Å². The van der Waals surface area contributed by atoms with Crippen LogP contribution in [0, 0.1) is 0 Å². The van der Waals surface area contributed by atoms with Gasteiger partial charge in [-0.05, 0) is 26.3 Å². The van der Waals surface area contributed by atoms with Gasteiger partial charge in [-0.1, -0.05) is 30.3 Å². The van der Waals surface area contributed by atoms with Crippen LogP contribution in [0.25, 0.3) is 0 Å². The lowest BCUT2D eigenvalue weighted by molar-refractivity contribution is -0.155. The third-order valence-electron chi connectivity index (χ3n) is 3.78. The van der Waals surface area contributed by atoms with E-state index in [2.05, 4.69) is 10.6 Å². The molecule has 0 aliphatic rings. The fourth-order valence-corrected chi connectivity index (χ4v) is 2.48. The van der Waals surface area contributed by atoms with Crippen LogP contribution in [0.4, 0.5) is 0 Å². The van der Waals surface area contributed by atoms with E-state index in [1.54, 1.807) is 51.1 Å². The Morgan fingerprint density at radius 2 is 1.74 bits per heavy atom. The molecule has 0 aromatic heterocycles. The number of esters is 1. The van der Waals surface area contributed by atoms with Gasteiger partial charge in [-0.15, -0.1) is 0 Å². The molecule has 5 N–H and O–H groups in total. The molecule has 0 saturated heterocycles. The van der Waals surface area contributed by atoms with Gasteiger partial charge in [-0.25, -0.2) is 4.79 Å². The summed E-state index contributed by atoms with van der Waals surface area (Å²) in [5.74, 6) is -2.85. The van der Waals surface area contributed by atoms with E-state index in [1.807, 2.05) is 0 Å². The second-order valence-corrected chi connectivity index (χ2v) is 7.99. The second-order valence-electron chi connectivity index (χ2n) is 7.99. The third-order valence-corrected chi connectivity index (χ3v) is 3.78. The number of carbonyl (C=O) groups is 4. The average molecular weight is 437 g/mol. The van der Waals surface area contributed by atoms with Crippen molar-refractivity contribution in [1.82, 2.24) is 10.6 Å². The normalized spacial score (nSPS) is 13.0. The molecule has 0 fully saturated rings. The molecule has 0 radical (unpaired) electrons. The molecule has 1 aromatic rings. The van der Waals surface area contributed by atoms with Gasteiger partial charge in [0.15, 0.2) is 0 Å². The highest BCUT2D eigenvalue weighted by atomic mass is 16.6. The zero-order valence-corrected chi connectivity index (χ0v) is 18.1. The topological polar surface area (TPSA) is 157 Å². The number of nitrogens with two attached hydrogens (primary N) is 1. The van der Waals surface area contributed by atoms with Gasteiger partial charge >= 0.3 is 11.9 Å². The van der Waals surface area contributed by atoms with Gasteiger partial charge in [0.05, 0.1) is 19.6 Å². The van der Waals surface area contributed by atoms with Gasteiger partial charge in [0.2, 0.25) is 11.8 Å². The van der Waals surface area contributed by atoms with Crippen molar-refractivity contribution in [3.63, 3.8) is 0 Å². The number of ether oxygens (including phenoxy) is 2. The molecule has 0 spiro atoms. The Morgan fingerprint density at radius 3 is 2.32 bits per heavy atom. The van der Waals surface area contributed by atoms with Crippen LogP contribution in [0.1, 0.15) is 32.8 Å². The van der Waals surface area contributed by atoms with Crippen molar-refractivity contribution in [2.75, 3.05) is 19.8 Å². The highest BCUT2D eigenvalue weighted by molar-refractivity contribution is 5.88. The molecule has 0 heterocycles. The predicted molar refractivity (Wildman–Crippen MR) is 112 cm³/mol. The van der Waals surface area contributed by atoms with Gasteiger partial charge in [-0.3, -0.25) is 14.4 Å². The monoisotopic (exact) mass is 437 g/mol. The van der Waals surface area contributed by atoms with Crippen LogP contribution in [-0.2, 0) is 35.1 Å². The zero-order chi connectivity index (χ0) is 23.4. The maximum absolute atomic E-state index is 12.0. The van der Waals surface area contributed by atoms with Crippen LogP contribution in [0.15, 0.2) is 30.3 Å². The highest BCUT2D eigenvalue weighted by Crippen LogP contribution is 2.09. The number of carboxylic acids is 1. The number of nitrogens with one attached hydrogen (secondary N) is 2. The van der Waals surface area contributed by atoms with E-state index in [9.17, 15) is 24.3 Å². The van der Waals surface area contributed by atoms with Gasteiger partial charge in [-0.2, -0.15) is 0 Å². The summed E-state index contributed by atoms with van der Waals surface area (Å²) in [5.41, 5.74) is 5.92. The third kappa shape index (κ3) is 12.3. The van der Waals surface area contributed by atoms with E-state index in [0.29, 0.717) is 0 Å². The lowest BCUT2D eigenvalue weighted by Gasteiger charge is -2.20. The smallest absolute Gasteiger partial charge is 0.326 e. The second kappa shape index (κ2) is 12.7. The van der Waals surface area contributed by atoms with Crippen LogP contribution in [0.3, 0.4) is 0 Å². The summed E-state index contributed by atoms with van der Waals surface area (Å²) in [6, 6.07) is 7.11. The van der Waals surface area contributed by atoms with E-state index in [-0.39, 0.29) is 26.1 Å². The zero-order valence-electron chi connectivity index (χ0n) is 18.1. The van der Waals surface area contributed by atoms with Gasteiger partial charge < -0.3 is 30.9 Å². The highest BCUT2D eigenvalue weighted by Gasteiger charge is 2.21. The van der Waals surface area contributed by atoms with Crippen LogP contribution in [0.2, 0.25) is 0 Å². The molecule has 1 rings (SSSR count). The first-order valence-corrected chi connectivity index (χ1v) is 9.84. The van der Waals surface area contributed by atoms with Gasteiger partial charge in [0, 0.05) is 12.5 Å². The number of benzene rings is 1. The Hall–Kier alpha value is -2.98. The first-order valence-electron chi connectivity index (χ1n) is 9.84. The number of carbonyl (C=O) groups excluding carboxylic acids is 3. The van der Waals surface area contributed by atoms with Crippen LogP contribution < -0.4 is 16.4 Å². The SMILES string of the molecule is CC(C)(C)OC(=O)C[C@H](N)COCC(=O)NCC(=O)N[C@@H](Cc1ccccc1)C(=O)O. The Morgan fingerprint density at radius 1 is 1.10 bits per heavy atom. The molecule has 0 aliphatic heterocycles. The number of aliphatic carboxylic acids is 1. The lowest BCUT2D eigenvalue weighted by Crippen LogP contribution is -2.47. The Kier molecular flexibility index (Phi) is 10.6. The quantitative estimate of drug-likeness (QED) is 0.333. The largest absolute Gasteiger partial charge is 0.480 e. The Labute approximate surface area is 181 Å². The first-order chi connectivity index (χ1) is 14.5. The molecule has 31 heavy (non-hydrogen) atoms. The number of hydrogen-bond donors (Lipinski definition) is 4. The van der Waals surface area contributed by atoms with E-state index in [1.165, 1.54) is 0 Å². The molecular formula is C21H31N3O7. The molecule has 1 aromatic carbocycles. The number of amides is 2. The maximum atomic E-state index is 12.0. The van der Waals surface area contributed by atoms with Gasteiger partial charge in [0.1, 0.15) is 18.2 Å². The molecule has 2 amide bonds. The van der Waals surface area contributed by atoms with Crippen molar-refractivity contribution < 1.29 is 33.8 Å². The molecule has 172 valence electrons. The summed E-state index contributed by atoms with van der Waals surface area (Å²) in [4.78, 5) is 46.8. The van der Waals surface area contributed by atoms with Crippen LogP contribution >= 0.6 is 0 Å². The van der Waals surface area contributed by atoms with E-state index in [4.69, 9.17) is 15.2 Å². The summed E-state index contributed by atoms with van der Waals surface area (Å²) >= 11 is 0. The minimum Gasteiger partial charge on any atom is -0.480 e. The molecule has 0 aliphatic carbocycles. The number of carboxylic acid groups (broad SMARTS) is 1. The summed E-state index contributed by atoms with van der Waals surface area (Å²) in [6.45, 7) is 4.43. The molecule has 10 heteroatoms. The van der Waals surface area contributed by atoms with Crippen molar-refractivity contribution in [3.8, 4) is 0 Å². The first kappa shape index (κ1) is 26.1. The molecule has 2 atom stereocenters. The van der Waals surface area contributed by atoms with E-state index >= 15 is 0 Å². The summed E-state index contributed by atoms with van der Waals surface area (Å²) in [7, 11) is 0. The van der Waals surface area contributed by atoms with Gasteiger partial charge in [0.25, 0.3) is 0 Å². The number of hydrogen-bond acceptors (Lipinski definition) is 7. The minimum absolute atomic E-state index is 0.0446. The Bertz CT molecular complexity index is 747. The van der Waals surface area contributed by atoms with Crippen molar-refractivity contribution >= 4 is 23.8 Å². The fraction of sp³-hybridized carbons (Fsp3) is 0.524. The van der Waals surface area contributed by atoms with E-state index < -0.39 is 48.0 Å². The molecule has 0 unspecified atom stereocenters. The summed E-state index contributed by atoms with van der Waals surface area (Å²) < 4.78 is 10.3. The molecule has 0 saturated carbocycles. The van der Waals surface area contributed by atoms with Crippen molar-refractivity contribution in [1.29, 1.82) is 0 Å². The van der Waals surface area contributed by atoms with Crippen LogP contribution in [-0.4, -0.2) is 66.3 Å². The lowest BCUT2D eigenvalue weighted by atomic mass is 10.1. The maximum Gasteiger partial charge on any atom is 0.326 e. The van der Waals surface area contributed by atoms with Crippen molar-refractivity contribution in [2.45, 2.75) is 51.3 Å². The average Bonchev–Trinajstić information content (AvgIpc) is 2.65. The van der Waals surface area contributed by atoms with Crippen molar-refractivity contribution in [2.24, 2.45) is 5.73 Å². The fourth-order valence-electron chi connectivity index (χ4n) is 2.48. The molecule has 10 nitrogen and oxygen atoms in total. The predicted octanol–water partition coefficient (Wildman–Crippen LogP) is -0.00960. The number of rotatable bonds is 12. The molecular weight excluding hydrogens is 406 g/mol. The van der Waals surface area contributed by atoms with Crippen molar-refractivity contribution in [3.05, 3.63) is 35.9 Å². The standard InChI is InChI=1S/C21H31N3O7/c1-21(2,3)31-19(27)10-15(22)12-30-13-18(26)23-11-17(25)24-16(20(28)29)9-14-7-5-4-6-8-14/h4-8,15-16H,9-13,22H2,1-3H3,(H,23,26)(H,24,25)(H,28,29)/t15-,16-/m0/s1. The van der Waals surface area contributed by atoms with Crippen LogP contribution in [0.5, 0.6) is 0 Å². The molecule has 0 bridgehead atoms.